The molecule has 9 nitrogen and oxygen atoms in total. The average molecular weight is 502 g/mol. The Morgan fingerprint density at radius 2 is 1.89 bits per heavy atom. The van der Waals surface area contributed by atoms with Gasteiger partial charge >= 0.3 is 5.97 Å². The number of carboxylic acid groups (broad SMARTS) is 1. The van der Waals surface area contributed by atoms with Crippen LogP contribution in [-0.4, -0.2) is 56.2 Å². The number of fused-ring (bicyclic) bond motifs is 3. The van der Waals surface area contributed by atoms with E-state index in [2.05, 4.69) is 15.4 Å². The van der Waals surface area contributed by atoms with Crippen molar-refractivity contribution in [1.29, 1.82) is 0 Å². The molecule has 0 aliphatic carbocycles. The third-order valence-corrected chi connectivity index (χ3v) is 7.28. The molecule has 0 unspecified atom stereocenters. The normalized spacial score (nSPS) is 16.0. The van der Waals surface area contributed by atoms with Gasteiger partial charge in [0.15, 0.2) is 17.2 Å². The lowest BCUT2D eigenvalue weighted by molar-refractivity contribution is 0.0638. The zero-order chi connectivity index (χ0) is 25.6. The van der Waals surface area contributed by atoms with Crippen LogP contribution in [0.5, 0.6) is 5.75 Å². The van der Waals surface area contributed by atoms with E-state index in [1.165, 1.54) is 16.8 Å². The molecule has 0 bridgehead atoms. The monoisotopic (exact) mass is 501 g/mol. The lowest BCUT2D eigenvalue weighted by Gasteiger charge is -2.38. The minimum Gasteiger partial charge on any atom is -0.489 e. The lowest BCUT2D eigenvalue weighted by atomic mass is 9.74. The van der Waals surface area contributed by atoms with Crippen LogP contribution in [0.2, 0.25) is 0 Å². The van der Waals surface area contributed by atoms with Gasteiger partial charge in [0.1, 0.15) is 17.1 Å². The van der Waals surface area contributed by atoms with E-state index in [0.717, 1.165) is 11.1 Å². The van der Waals surface area contributed by atoms with Crippen molar-refractivity contribution in [2.24, 2.45) is 0 Å². The molecule has 2 aliphatic heterocycles. The van der Waals surface area contributed by atoms with Gasteiger partial charge in [-0.05, 0) is 24.5 Å². The van der Waals surface area contributed by atoms with Crippen LogP contribution in [0, 0.1) is 5.82 Å². The Morgan fingerprint density at radius 1 is 1.11 bits per heavy atom. The molecular weight excluding hydrogens is 477 g/mol. The van der Waals surface area contributed by atoms with Gasteiger partial charge in [-0.2, -0.15) is 9.61 Å². The molecule has 37 heavy (non-hydrogen) atoms. The molecule has 188 valence electrons. The predicted octanol–water partition coefficient (Wildman–Crippen LogP) is 3.75. The van der Waals surface area contributed by atoms with E-state index in [1.807, 2.05) is 36.4 Å². The number of para-hydroxylation sites is 1. The minimum atomic E-state index is -1.17. The van der Waals surface area contributed by atoms with E-state index in [9.17, 15) is 19.1 Å². The fourth-order valence-corrected chi connectivity index (χ4v) is 5.21. The predicted molar refractivity (Wildman–Crippen MR) is 132 cm³/mol. The van der Waals surface area contributed by atoms with Crippen molar-refractivity contribution in [1.82, 2.24) is 19.5 Å². The Kier molecular flexibility index (Phi) is 5.51. The van der Waals surface area contributed by atoms with Crippen molar-refractivity contribution in [3.63, 3.8) is 0 Å². The van der Waals surface area contributed by atoms with Crippen LogP contribution in [0.4, 0.5) is 10.2 Å². The van der Waals surface area contributed by atoms with E-state index in [0.29, 0.717) is 50.7 Å². The number of aromatic carboxylic acids is 1. The van der Waals surface area contributed by atoms with Gasteiger partial charge in [0.2, 0.25) is 0 Å². The van der Waals surface area contributed by atoms with Crippen molar-refractivity contribution in [3.8, 4) is 5.75 Å². The number of hydrogen-bond acceptors (Lipinski definition) is 6. The van der Waals surface area contributed by atoms with E-state index >= 15 is 0 Å². The molecular formula is C27H24FN5O4. The molecule has 1 fully saturated rings. The summed E-state index contributed by atoms with van der Waals surface area (Å²) in [5.41, 5.74) is 1.69. The zero-order valence-corrected chi connectivity index (χ0v) is 19.9. The van der Waals surface area contributed by atoms with Gasteiger partial charge in [-0.15, -0.1) is 0 Å². The average Bonchev–Trinajstić information content (AvgIpc) is 3.51. The number of carboxylic acids is 1. The minimum absolute atomic E-state index is 0.0863. The van der Waals surface area contributed by atoms with Gasteiger partial charge < -0.3 is 20.1 Å². The Bertz CT molecular complexity index is 1510. The van der Waals surface area contributed by atoms with E-state index < -0.39 is 5.97 Å². The molecule has 2 aromatic carbocycles. The summed E-state index contributed by atoms with van der Waals surface area (Å²) in [7, 11) is 0. The van der Waals surface area contributed by atoms with Crippen LogP contribution in [0.15, 0.2) is 60.8 Å². The number of nitrogens with one attached hydrogen (secondary N) is 1. The van der Waals surface area contributed by atoms with Gasteiger partial charge in [-0.3, -0.25) is 4.79 Å². The van der Waals surface area contributed by atoms with Crippen LogP contribution in [0.3, 0.4) is 0 Å². The first-order chi connectivity index (χ1) is 17.9. The second-order valence-electron chi connectivity index (χ2n) is 9.44. The molecule has 0 radical (unpaired) electrons. The smallest absolute Gasteiger partial charge is 0.341 e. The number of ether oxygens (including phenoxy) is 1. The van der Waals surface area contributed by atoms with Crippen molar-refractivity contribution >= 4 is 23.3 Å². The first-order valence-electron chi connectivity index (χ1n) is 12.1. The summed E-state index contributed by atoms with van der Waals surface area (Å²) < 4.78 is 21.3. The highest BCUT2D eigenvalue weighted by Gasteiger charge is 2.45. The first kappa shape index (κ1) is 23.0. The van der Waals surface area contributed by atoms with Crippen LogP contribution in [0.1, 0.15) is 44.8 Å². The summed E-state index contributed by atoms with van der Waals surface area (Å²) in [5, 5.41) is 17.1. The van der Waals surface area contributed by atoms with Gasteiger partial charge in [0.05, 0.1) is 12.8 Å². The largest absolute Gasteiger partial charge is 0.489 e. The number of amides is 1. The third kappa shape index (κ3) is 3.94. The summed E-state index contributed by atoms with van der Waals surface area (Å²) in [6.07, 6.45) is 2.49. The first-order valence-corrected chi connectivity index (χ1v) is 12.1. The second-order valence-corrected chi connectivity index (χ2v) is 9.44. The number of anilines is 1. The summed E-state index contributed by atoms with van der Waals surface area (Å²) >= 11 is 0. The SMILES string of the molecule is O=C(O)c1cnn2c(NCc3ccccc3)cc(C(=O)N3CCC4(CC3)COc3c(F)cccc34)nc12. The number of nitrogens with zero attached hydrogens (tertiary/aromatic N) is 4. The van der Waals surface area contributed by atoms with Crippen LogP contribution >= 0.6 is 0 Å². The molecule has 6 rings (SSSR count). The maximum atomic E-state index is 14.2. The van der Waals surface area contributed by atoms with Crippen LogP contribution in [0.25, 0.3) is 5.65 Å². The van der Waals surface area contributed by atoms with Crippen molar-refractivity contribution in [2.45, 2.75) is 24.8 Å². The highest BCUT2D eigenvalue weighted by molar-refractivity contribution is 5.97. The summed E-state index contributed by atoms with van der Waals surface area (Å²) in [6.45, 7) is 1.74. The zero-order valence-electron chi connectivity index (χ0n) is 19.9. The molecule has 10 heteroatoms. The van der Waals surface area contributed by atoms with E-state index in [1.54, 1.807) is 17.0 Å². The second kappa shape index (κ2) is 8.88. The Labute approximate surface area is 211 Å². The fraction of sp³-hybridized carbons (Fsp3) is 0.259. The molecule has 4 aromatic rings. The lowest BCUT2D eigenvalue weighted by Crippen LogP contribution is -2.46. The highest BCUT2D eigenvalue weighted by Crippen LogP contribution is 2.46. The maximum absolute atomic E-state index is 14.2. The van der Waals surface area contributed by atoms with E-state index in [4.69, 9.17) is 4.74 Å². The molecule has 0 atom stereocenters. The number of piperidine rings is 1. The quantitative estimate of drug-likeness (QED) is 0.429. The molecule has 0 saturated carbocycles. The van der Waals surface area contributed by atoms with Crippen molar-refractivity contribution in [2.75, 3.05) is 25.0 Å². The molecule has 2 aromatic heterocycles. The molecule has 1 saturated heterocycles. The Balaban J connectivity index is 1.27. The molecule has 2 N–H and O–H groups in total. The number of hydrogen-bond donors (Lipinski definition) is 2. The highest BCUT2D eigenvalue weighted by atomic mass is 19.1. The summed E-state index contributed by atoms with van der Waals surface area (Å²) in [4.78, 5) is 31.4. The van der Waals surface area contributed by atoms with Crippen LogP contribution < -0.4 is 10.1 Å². The van der Waals surface area contributed by atoms with Crippen molar-refractivity contribution < 1.29 is 23.8 Å². The number of rotatable bonds is 5. The third-order valence-electron chi connectivity index (χ3n) is 7.28. The fourth-order valence-electron chi connectivity index (χ4n) is 5.21. The number of halogens is 1. The molecule has 4 heterocycles. The number of aromatic nitrogens is 3. The number of carbonyl (C=O) groups is 2. The summed E-state index contributed by atoms with van der Waals surface area (Å²) in [5.74, 6) is -1.06. The van der Waals surface area contributed by atoms with E-state index in [-0.39, 0.29) is 34.0 Å². The maximum Gasteiger partial charge on any atom is 0.341 e. The Hall–Kier alpha value is -4.47. The molecule has 1 amide bonds. The van der Waals surface area contributed by atoms with Crippen LogP contribution in [-0.2, 0) is 12.0 Å². The Morgan fingerprint density at radius 3 is 2.65 bits per heavy atom. The topological polar surface area (TPSA) is 109 Å². The van der Waals surface area contributed by atoms with Gasteiger partial charge in [-0.25, -0.2) is 14.2 Å². The molecule has 2 aliphatic rings. The van der Waals surface area contributed by atoms with Gasteiger partial charge in [0, 0.05) is 36.7 Å². The van der Waals surface area contributed by atoms with Gasteiger partial charge in [0.25, 0.3) is 5.91 Å². The number of carbonyl (C=O) groups excluding carboxylic acids is 1. The van der Waals surface area contributed by atoms with Gasteiger partial charge in [-0.1, -0.05) is 42.5 Å². The number of likely N-dealkylation sites (tertiary alicyclic amines) is 1. The summed E-state index contributed by atoms with van der Waals surface area (Å²) in [6, 6.07) is 16.3. The number of benzene rings is 2. The van der Waals surface area contributed by atoms with Crippen molar-refractivity contribution in [3.05, 3.63) is 89.0 Å². The molecule has 1 spiro atoms. The standard InChI is InChI=1S/C27H24FN5O4/c28-20-8-4-7-19-23(20)37-16-27(19)9-11-32(12-10-27)25(34)21-13-22(29-14-17-5-2-1-3-6-17)33-24(31-21)18(15-30-33)26(35)36/h1-8,13,15,29H,9-12,14,16H2,(H,35,36).